The highest BCUT2D eigenvalue weighted by molar-refractivity contribution is 6.80. The monoisotopic (exact) mass is 481 g/mol. The van der Waals surface area contributed by atoms with Gasteiger partial charge in [-0.2, -0.15) is 0 Å². The van der Waals surface area contributed by atoms with Crippen molar-refractivity contribution in [1.29, 1.82) is 0 Å². The Morgan fingerprint density at radius 2 is 1.06 bits per heavy atom. The van der Waals surface area contributed by atoms with E-state index in [1.165, 1.54) is 24.8 Å². The fraction of sp³-hybridized carbons (Fsp3) is 1.00. The van der Waals surface area contributed by atoms with Crippen LogP contribution in [0.15, 0.2) is 0 Å². The van der Waals surface area contributed by atoms with E-state index < -0.39 is 8.07 Å². The first-order chi connectivity index (χ1) is 16.5. The van der Waals surface area contributed by atoms with Gasteiger partial charge in [0.05, 0.1) is 8.07 Å². The molecule has 0 aromatic heterocycles. The number of hydrogen-bond acceptors (Lipinski definition) is 1. The molecule has 12 unspecified atom stereocenters. The molecule has 1 saturated heterocycles. The molecule has 12 atom stereocenters. The molecule has 0 N–H and O–H groups in total. The quantitative estimate of drug-likeness (QED) is 0.357. The zero-order valence-electron chi connectivity index (χ0n) is 23.1. The number of fused-ring (bicyclic) bond motifs is 8. The number of hydrogen-bond donors (Lipinski definition) is 0. The lowest BCUT2D eigenvalue weighted by molar-refractivity contribution is 0.109. The van der Waals surface area contributed by atoms with Crippen LogP contribution < -0.4 is 0 Å². The summed E-state index contributed by atoms with van der Waals surface area (Å²) >= 11 is 0. The van der Waals surface area contributed by atoms with E-state index in [9.17, 15) is 0 Å². The Morgan fingerprint density at radius 3 is 1.65 bits per heavy atom. The molecular weight excluding hydrogens is 426 g/mol. The molecule has 2 heteroatoms. The van der Waals surface area contributed by atoms with Gasteiger partial charge in [-0.3, -0.25) is 4.90 Å². The Kier molecular flexibility index (Phi) is 5.90. The van der Waals surface area contributed by atoms with Gasteiger partial charge in [0.1, 0.15) is 0 Å². The molecule has 0 amide bonds. The molecule has 1 heterocycles. The van der Waals surface area contributed by atoms with Crippen molar-refractivity contribution in [2.75, 3.05) is 7.05 Å². The summed E-state index contributed by atoms with van der Waals surface area (Å²) in [7, 11) is 1.20. The predicted molar refractivity (Wildman–Crippen MR) is 147 cm³/mol. The molecule has 1 aliphatic heterocycles. The fourth-order valence-electron chi connectivity index (χ4n) is 13.5. The van der Waals surface area contributed by atoms with Crippen LogP contribution in [-0.2, 0) is 0 Å². The summed E-state index contributed by atoms with van der Waals surface area (Å²) in [4.78, 5) is 3.04. The fourth-order valence-corrected chi connectivity index (χ4v) is 19.9. The van der Waals surface area contributed by atoms with Crippen LogP contribution in [0, 0.1) is 53.3 Å². The SMILES string of the molecule is CC1CCC2C(C1)C1C(C3CCCCC3C1[Si](C)(C)C1C3CCCCC3C3CCCCC31)N2C. The predicted octanol–water partition coefficient (Wildman–Crippen LogP) is 8.62. The van der Waals surface area contributed by atoms with Gasteiger partial charge in [0.15, 0.2) is 0 Å². The van der Waals surface area contributed by atoms with E-state index in [0.29, 0.717) is 0 Å². The third-order valence-electron chi connectivity index (χ3n) is 14.1. The second kappa shape index (κ2) is 8.61. The number of nitrogens with zero attached hydrogens (tertiary/aromatic N) is 1. The van der Waals surface area contributed by atoms with Crippen molar-refractivity contribution < 1.29 is 0 Å². The van der Waals surface area contributed by atoms with Gasteiger partial charge in [-0.25, -0.2) is 0 Å². The van der Waals surface area contributed by atoms with Gasteiger partial charge in [0.2, 0.25) is 0 Å². The molecule has 7 rings (SSSR count). The average Bonchev–Trinajstić information content (AvgIpc) is 3.46. The van der Waals surface area contributed by atoms with Crippen LogP contribution in [0.5, 0.6) is 0 Å². The van der Waals surface area contributed by atoms with Gasteiger partial charge < -0.3 is 0 Å². The Balaban J connectivity index is 1.29. The minimum absolute atomic E-state index is 0.940. The summed E-state index contributed by atoms with van der Waals surface area (Å²) in [5.41, 5.74) is 2.33. The first kappa shape index (κ1) is 23.3. The Hall–Kier alpha value is 0.177. The molecule has 34 heavy (non-hydrogen) atoms. The van der Waals surface area contributed by atoms with E-state index >= 15 is 0 Å². The van der Waals surface area contributed by atoms with Gasteiger partial charge in [0.25, 0.3) is 0 Å². The van der Waals surface area contributed by atoms with E-state index in [1.54, 1.807) is 77.0 Å². The van der Waals surface area contributed by atoms with Crippen molar-refractivity contribution in [3.05, 3.63) is 0 Å². The van der Waals surface area contributed by atoms with Crippen LogP contribution in [0.4, 0.5) is 0 Å². The van der Waals surface area contributed by atoms with Crippen LogP contribution in [-0.4, -0.2) is 32.1 Å². The van der Waals surface area contributed by atoms with Crippen molar-refractivity contribution in [2.24, 2.45) is 53.3 Å². The van der Waals surface area contributed by atoms with Crippen LogP contribution in [0.2, 0.25) is 24.2 Å². The van der Waals surface area contributed by atoms with Gasteiger partial charge in [-0.05, 0) is 110 Å². The number of likely N-dealkylation sites (tertiary alicyclic amines) is 1. The summed E-state index contributed by atoms with van der Waals surface area (Å²) in [5.74, 6) is 9.85. The molecule has 6 saturated carbocycles. The van der Waals surface area contributed by atoms with Crippen molar-refractivity contribution in [2.45, 2.75) is 139 Å². The highest BCUT2D eigenvalue weighted by Crippen LogP contribution is 2.71. The van der Waals surface area contributed by atoms with Crippen molar-refractivity contribution in [3.8, 4) is 0 Å². The van der Waals surface area contributed by atoms with Crippen LogP contribution in [0.25, 0.3) is 0 Å². The van der Waals surface area contributed by atoms with Gasteiger partial charge in [0, 0.05) is 12.1 Å². The normalized spacial score (nSPS) is 55.2. The molecule has 0 spiro atoms. The third-order valence-corrected chi connectivity index (χ3v) is 19.2. The van der Waals surface area contributed by atoms with E-state index in [1.807, 2.05) is 0 Å². The summed E-state index contributed by atoms with van der Waals surface area (Å²) in [5, 5.41) is 0. The Bertz CT molecular complexity index is 740. The largest absolute Gasteiger partial charge is 0.300 e. The van der Waals surface area contributed by atoms with Gasteiger partial charge in [-0.15, -0.1) is 0 Å². The molecule has 7 fully saturated rings. The van der Waals surface area contributed by atoms with Crippen LogP contribution in [0.1, 0.15) is 103 Å². The maximum Gasteiger partial charge on any atom is 0.0547 e. The van der Waals surface area contributed by atoms with Crippen LogP contribution >= 0.6 is 0 Å². The first-order valence-electron chi connectivity index (χ1n) is 16.2. The molecular formula is C32H55NSi. The lowest BCUT2D eigenvalue weighted by atomic mass is 9.73. The molecule has 0 aromatic carbocycles. The molecule has 0 aromatic rings. The molecule has 192 valence electrons. The second-order valence-electron chi connectivity index (χ2n) is 15.6. The molecule has 0 radical (unpaired) electrons. The maximum absolute atomic E-state index is 3.04. The van der Waals surface area contributed by atoms with Crippen molar-refractivity contribution in [1.82, 2.24) is 4.90 Å². The lowest BCUT2D eigenvalue weighted by Gasteiger charge is -2.50. The Morgan fingerprint density at radius 1 is 0.559 bits per heavy atom. The third kappa shape index (κ3) is 3.24. The zero-order chi connectivity index (χ0) is 23.2. The molecule has 6 aliphatic carbocycles. The van der Waals surface area contributed by atoms with E-state index in [4.69, 9.17) is 0 Å². The van der Waals surface area contributed by atoms with Crippen molar-refractivity contribution >= 4 is 8.07 Å². The summed E-state index contributed by atoms with van der Waals surface area (Å²) in [6, 6.07) is 1.91. The Labute approximate surface area is 212 Å². The molecule has 1 nitrogen and oxygen atoms in total. The minimum Gasteiger partial charge on any atom is -0.300 e. The zero-order valence-corrected chi connectivity index (χ0v) is 24.1. The lowest BCUT2D eigenvalue weighted by Crippen LogP contribution is -2.49. The van der Waals surface area contributed by atoms with Crippen LogP contribution in [0.3, 0.4) is 0 Å². The second-order valence-corrected chi connectivity index (χ2v) is 20.6. The maximum atomic E-state index is 3.04. The van der Waals surface area contributed by atoms with E-state index in [0.717, 1.165) is 70.9 Å². The first-order valence-corrected chi connectivity index (χ1v) is 19.4. The van der Waals surface area contributed by atoms with Crippen molar-refractivity contribution in [3.63, 3.8) is 0 Å². The smallest absolute Gasteiger partial charge is 0.0547 e. The van der Waals surface area contributed by atoms with Gasteiger partial charge in [-0.1, -0.05) is 77.8 Å². The number of rotatable bonds is 2. The highest BCUT2D eigenvalue weighted by Gasteiger charge is 2.67. The topological polar surface area (TPSA) is 3.24 Å². The van der Waals surface area contributed by atoms with E-state index in [2.05, 4.69) is 32.0 Å². The van der Waals surface area contributed by atoms with Gasteiger partial charge >= 0.3 is 0 Å². The summed E-state index contributed by atoms with van der Waals surface area (Å²) < 4.78 is 0. The minimum atomic E-state index is -1.40. The molecule has 7 aliphatic rings. The van der Waals surface area contributed by atoms with E-state index in [-0.39, 0.29) is 0 Å². The molecule has 0 bridgehead atoms. The highest BCUT2D eigenvalue weighted by atomic mass is 28.3. The summed E-state index contributed by atoms with van der Waals surface area (Å²) in [6.07, 6.45) is 23.6. The standard InChI is InChI=1S/C32H55NSi/c1-20-17-18-28-27(19-20)29-30(33(28)2)23-13-7-10-16-26(23)32(29)34(3,4)31-24-14-8-5-11-21(24)22-12-6-9-15-25(22)31/h20-32H,5-19H2,1-4H3. The average molecular weight is 482 g/mol. The summed E-state index contributed by atoms with van der Waals surface area (Å²) in [6.45, 7) is 8.62.